The monoisotopic (exact) mass is 375 g/mol. The van der Waals surface area contributed by atoms with E-state index in [1.54, 1.807) is 38.1 Å². The second-order valence-corrected chi connectivity index (χ2v) is 8.82. The molecule has 0 aliphatic heterocycles. The van der Waals surface area contributed by atoms with Crippen LogP contribution >= 0.6 is 0 Å². The summed E-state index contributed by atoms with van der Waals surface area (Å²) in [5.41, 5.74) is 1.31. The van der Waals surface area contributed by atoms with Crippen molar-refractivity contribution in [2.24, 2.45) is 0 Å². The number of esters is 1. The summed E-state index contributed by atoms with van der Waals surface area (Å²) in [5, 5.41) is 0. The maximum absolute atomic E-state index is 13.0. The molecule has 1 fully saturated rings. The van der Waals surface area contributed by atoms with E-state index in [0.29, 0.717) is 0 Å². The zero-order chi connectivity index (χ0) is 19.4. The average Bonchev–Trinajstić information content (AvgIpc) is 3.33. The van der Waals surface area contributed by atoms with Gasteiger partial charge < -0.3 is 4.74 Å². The van der Waals surface area contributed by atoms with Crippen molar-refractivity contribution >= 4 is 16.0 Å². The second-order valence-electron chi connectivity index (χ2n) is 6.88. The summed E-state index contributed by atoms with van der Waals surface area (Å²) in [7, 11) is -3.65. The van der Waals surface area contributed by atoms with E-state index < -0.39 is 21.6 Å². The van der Waals surface area contributed by atoms with Crippen LogP contribution < -0.4 is 0 Å². The Hall–Kier alpha value is -2.10. The van der Waals surface area contributed by atoms with E-state index in [0.717, 1.165) is 18.4 Å². The summed E-state index contributed by atoms with van der Waals surface area (Å²) >= 11 is 0. The van der Waals surface area contributed by atoms with Gasteiger partial charge in [0.25, 0.3) is 0 Å². The number of nitrogens with zero attached hydrogens (tertiary/aromatic N) is 1. The van der Waals surface area contributed by atoms with Gasteiger partial charge in [-0.2, -0.15) is 4.31 Å². The van der Waals surface area contributed by atoms with Crippen LogP contribution in [0.2, 0.25) is 0 Å². The molecule has 0 N–H and O–H groups in total. The first-order valence-corrected chi connectivity index (χ1v) is 9.98. The van der Waals surface area contributed by atoms with Gasteiger partial charge in [0.1, 0.15) is 0 Å². The van der Waals surface area contributed by atoms with Gasteiger partial charge in [-0.15, -0.1) is 0 Å². The molecule has 5 nitrogen and oxygen atoms in total. The van der Waals surface area contributed by atoms with Gasteiger partial charge in [0.05, 0.1) is 11.4 Å². The number of benzene rings is 1. The smallest absolute Gasteiger partial charge is 0.304 e. The molecule has 1 aromatic rings. The highest BCUT2D eigenvalue weighted by atomic mass is 32.2. The third kappa shape index (κ3) is 6.01. The topological polar surface area (TPSA) is 63.7 Å². The fourth-order valence-corrected chi connectivity index (χ4v) is 3.62. The molecule has 1 aliphatic carbocycles. The standard InChI is InChI=1S/C20H25NO4S/c1-16-6-10-19(11-7-16)26(23,24)21(15-12-18-8-9-18)14-5-13-20(3,4)25-17(2)22/h6-7,10-12H,8-9,14-15H2,1-4H3. The van der Waals surface area contributed by atoms with Crippen LogP contribution in [0.25, 0.3) is 0 Å². The Kier molecular flexibility index (Phi) is 6.27. The van der Waals surface area contributed by atoms with Crippen LogP contribution in [0.4, 0.5) is 0 Å². The predicted octanol–water partition coefficient (Wildman–Crippen LogP) is 3.05. The third-order valence-corrected chi connectivity index (χ3v) is 5.65. The van der Waals surface area contributed by atoms with Crippen LogP contribution in [0, 0.1) is 18.8 Å². The van der Waals surface area contributed by atoms with Crippen molar-refractivity contribution in [1.29, 1.82) is 0 Å². The Bertz CT molecular complexity index is 849. The highest BCUT2D eigenvalue weighted by Crippen LogP contribution is 2.27. The van der Waals surface area contributed by atoms with Crippen LogP contribution in [0.3, 0.4) is 0 Å². The van der Waals surface area contributed by atoms with Crippen molar-refractivity contribution in [2.75, 3.05) is 13.1 Å². The van der Waals surface area contributed by atoms with Crippen molar-refractivity contribution < 1.29 is 17.9 Å². The van der Waals surface area contributed by atoms with Gasteiger partial charge in [0.15, 0.2) is 5.60 Å². The largest absolute Gasteiger partial charge is 0.447 e. The number of allylic oxidation sites excluding steroid dienone is 1. The lowest BCUT2D eigenvalue weighted by Gasteiger charge is -2.20. The normalized spacial score (nSPS) is 13.8. The lowest BCUT2D eigenvalue weighted by Crippen LogP contribution is -2.32. The molecule has 0 unspecified atom stereocenters. The molecule has 140 valence electrons. The van der Waals surface area contributed by atoms with Crippen LogP contribution in [-0.2, 0) is 19.6 Å². The molecule has 0 heterocycles. The first kappa shape index (κ1) is 20.2. The van der Waals surface area contributed by atoms with Crippen molar-refractivity contribution in [1.82, 2.24) is 4.31 Å². The number of rotatable bonds is 6. The fourth-order valence-electron chi connectivity index (χ4n) is 2.34. The van der Waals surface area contributed by atoms with Crippen LogP contribution in [0.5, 0.6) is 0 Å². The number of hydrogen-bond acceptors (Lipinski definition) is 4. The molecule has 0 aromatic heterocycles. The minimum atomic E-state index is -3.65. The number of ether oxygens (including phenoxy) is 1. The highest BCUT2D eigenvalue weighted by molar-refractivity contribution is 7.89. The minimum absolute atomic E-state index is 0.0324. The lowest BCUT2D eigenvalue weighted by atomic mass is 10.1. The lowest BCUT2D eigenvalue weighted by molar-refractivity contribution is -0.148. The van der Waals surface area contributed by atoms with Crippen molar-refractivity contribution in [3.8, 4) is 11.8 Å². The van der Waals surface area contributed by atoms with E-state index >= 15 is 0 Å². The van der Waals surface area contributed by atoms with Gasteiger partial charge in [-0.05, 0) is 45.7 Å². The Morgan fingerprint density at radius 3 is 2.42 bits per heavy atom. The van der Waals surface area contributed by atoms with Gasteiger partial charge in [0.2, 0.25) is 10.0 Å². The zero-order valence-corrected chi connectivity index (χ0v) is 16.5. The molecule has 26 heavy (non-hydrogen) atoms. The molecule has 1 saturated carbocycles. The number of carbonyl (C=O) groups excluding carboxylic acids is 1. The van der Waals surface area contributed by atoms with Gasteiger partial charge in [-0.3, -0.25) is 4.79 Å². The maximum Gasteiger partial charge on any atom is 0.304 e. The number of sulfonamides is 1. The van der Waals surface area contributed by atoms with E-state index in [1.807, 2.05) is 13.0 Å². The Morgan fingerprint density at radius 1 is 1.27 bits per heavy atom. The van der Waals surface area contributed by atoms with Gasteiger partial charge in [-0.1, -0.05) is 41.2 Å². The summed E-state index contributed by atoms with van der Waals surface area (Å²) < 4.78 is 32.4. The predicted molar refractivity (Wildman–Crippen MR) is 101 cm³/mol. The number of aryl methyl sites for hydroxylation is 1. The molecule has 0 saturated heterocycles. The minimum Gasteiger partial charge on any atom is -0.447 e. The molecule has 0 atom stereocenters. The zero-order valence-electron chi connectivity index (χ0n) is 15.7. The Labute approximate surface area is 156 Å². The van der Waals surface area contributed by atoms with Crippen LogP contribution in [-0.4, -0.2) is 37.4 Å². The number of hydrogen-bond donors (Lipinski definition) is 0. The molecule has 1 aromatic carbocycles. The third-order valence-electron chi connectivity index (χ3n) is 3.82. The Morgan fingerprint density at radius 2 is 1.88 bits per heavy atom. The summed E-state index contributed by atoms with van der Waals surface area (Å²) in [4.78, 5) is 11.4. The molecule has 0 amide bonds. The second kappa shape index (κ2) is 8.07. The molecular weight excluding hydrogens is 350 g/mol. The molecular formula is C20H25NO4S. The van der Waals surface area contributed by atoms with Crippen molar-refractivity contribution in [3.05, 3.63) is 41.5 Å². The number of carbonyl (C=O) groups is 1. The Balaban J connectivity index is 2.22. The molecule has 0 bridgehead atoms. The maximum atomic E-state index is 13.0. The first-order chi connectivity index (χ1) is 12.1. The summed E-state index contributed by atoms with van der Waals surface area (Å²) in [6.45, 7) is 6.89. The van der Waals surface area contributed by atoms with E-state index in [2.05, 4.69) is 11.8 Å². The highest BCUT2D eigenvalue weighted by Gasteiger charge is 2.24. The molecule has 0 radical (unpaired) electrons. The van der Waals surface area contributed by atoms with E-state index in [1.165, 1.54) is 16.8 Å². The summed E-state index contributed by atoms with van der Waals surface area (Å²) in [6, 6.07) is 6.77. The van der Waals surface area contributed by atoms with Crippen molar-refractivity contribution in [2.45, 2.75) is 51.0 Å². The van der Waals surface area contributed by atoms with E-state index in [-0.39, 0.29) is 18.0 Å². The van der Waals surface area contributed by atoms with Crippen molar-refractivity contribution in [3.63, 3.8) is 0 Å². The van der Waals surface area contributed by atoms with Gasteiger partial charge in [0, 0.05) is 13.5 Å². The van der Waals surface area contributed by atoms with Crippen LogP contribution in [0.1, 0.15) is 39.2 Å². The fraction of sp³-hybridized carbons (Fsp3) is 0.450. The average molecular weight is 375 g/mol. The van der Waals surface area contributed by atoms with E-state index in [4.69, 9.17) is 4.74 Å². The first-order valence-electron chi connectivity index (χ1n) is 8.54. The van der Waals surface area contributed by atoms with Gasteiger partial charge in [-0.25, -0.2) is 8.42 Å². The SMILES string of the molecule is CC(=O)OC(C)(C)C#CCN(CC=C1CC1)S(=O)(=O)c1ccc(C)cc1. The molecule has 0 spiro atoms. The van der Waals surface area contributed by atoms with Gasteiger partial charge >= 0.3 is 5.97 Å². The molecule has 1 aliphatic rings. The summed E-state index contributed by atoms with van der Waals surface area (Å²) in [5.74, 6) is 5.27. The van der Waals surface area contributed by atoms with Crippen LogP contribution in [0.15, 0.2) is 40.8 Å². The quantitative estimate of drug-likeness (QED) is 0.435. The molecule has 2 rings (SSSR count). The van der Waals surface area contributed by atoms with E-state index in [9.17, 15) is 13.2 Å². The molecule has 6 heteroatoms. The summed E-state index contributed by atoms with van der Waals surface area (Å²) in [6.07, 6.45) is 4.01.